The van der Waals surface area contributed by atoms with Crippen LogP contribution in [0.15, 0.2) is 30.3 Å². The summed E-state index contributed by atoms with van der Waals surface area (Å²) >= 11 is 0. The Morgan fingerprint density at radius 3 is 2.19 bits per heavy atom. The van der Waals surface area contributed by atoms with E-state index in [2.05, 4.69) is 5.32 Å². The van der Waals surface area contributed by atoms with Gasteiger partial charge in [0.2, 0.25) is 5.91 Å². The lowest BCUT2D eigenvalue weighted by molar-refractivity contribution is -0.127. The van der Waals surface area contributed by atoms with Crippen molar-refractivity contribution in [2.75, 3.05) is 13.1 Å². The van der Waals surface area contributed by atoms with Crippen molar-refractivity contribution in [2.45, 2.75) is 39.2 Å². The SMILES string of the molecule is CC(C)(C)NC(=O)C1CCN(C(=O)c2ccccc2)CC1. The molecule has 4 heteroatoms. The minimum Gasteiger partial charge on any atom is -0.351 e. The van der Waals surface area contributed by atoms with Crippen molar-refractivity contribution in [1.82, 2.24) is 10.2 Å². The summed E-state index contributed by atoms with van der Waals surface area (Å²) in [5.41, 5.74) is 0.517. The van der Waals surface area contributed by atoms with Gasteiger partial charge in [0.05, 0.1) is 0 Å². The highest BCUT2D eigenvalue weighted by Crippen LogP contribution is 2.20. The highest BCUT2D eigenvalue weighted by Gasteiger charge is 2.29. The minimum absolute atomic E-state index is 0.0176. The summed E-state index contributed by atoms with van der Waals surface area (Å²) < 4.78 is 0. The Morgan fingerprint density at radius 1 is 1.10 bits per heavy atom. The summed E-state index contributed by atoms with van der Waals surface area (Å²) in [5.74, 6) is 0.184. The number of carbonyl (C=O) groups is 2. The molecule has 0 unspecified atom stereocenters. The van der Waals surface area contributed by atoms with Crippen LogP contribution in [0.1, 0.15) is 44.0 Å². The third-order valence-corrected chi connectivity index (χ3v) is 3.67. The molecule has 1 N–H and O–H groups in total. The Morgan fingerprint density at radius 2 is 1.67 bits per heavy atom. The molecule has 0 spiro atoms. The van der Waals surface area contributed by atoms with Crippen molar-refractivity contribution >= 4 is 11.8 Å². The molecule has 0 aromatic heterocycles. The fourth-order valence-corrected chi connectivity index (χ4v) is 2.58. The monoisotopic (exact) mass is 288 g/mol. The van der Waals surface area contributed by atoms with E-state index in [1.807, 2.05) is 56.0 Å². The molecule has 1 aliphatic rings. The van der Waals surface area contributed by atoms with E-state index >= 15 is 0 Å². The van der Waals surface area contributed by atoms with Crippen LogP contribution in [0, 0.1) is 5.92 Å². The number of carbonyl (C=O) groups excluding carboxylic acids is 2. The number of piperidine rings is 1. The fraction of sp³-hybridized carbons (Fsp3) is 0.529. The maximum absolute atomic E-state index is 12.3. The van der Waals surface area contributed by atoms with Crippen LogP contribution in [0.3, 0.4) is 0 Å². The number of benzene rings is 1. The number of likely N-dealkylation sites (tertiary alicyclic amines) is 1. The van der Waals surface area contributed by atoms with E-state index in [0.29, 0.717) is 13.1 Å². The van der Waals surface area contributed by atoms with E-state index in [0.717, 1.165) is 18.4 Å². The summed E-state index contributed by atoms with van der Waals surface area (Å²) in [6.07, 6.45) is 1.47. The van der Waals surface area contributed by atoms with E-state index < -0.39 is 0 Å². The molecule has 0 atom stereocenters. The van der Waals surface area contributed by atoms with Crippen LogP contribution in [-0.4, -0.2) is 35.3 Å². The normalized spacial score (nSPS) is 16.6. The van der Waals surface area contributed by atoms with Gasteiger partial charge in [0.15, 0.2) is 0 Å². The van der Waals surface area contributed by atoms with Crippen LogP contribution < -0.4 is 5.32 Å². The lowest BCUT2D eigenvalue weighted by atomic mass is 9.94. The molecule has 1 saturated heterocycles. The summed E-state index contributed by atoms with van der Waals surface area (Å²) in [7, 11) is 0. The zero-order chi connectivity index (χ0) is 15.5. The average molecular weight is 288 g/mol. The molecule has 21 heavy (non-hydrogen) atoms. The van der Waals surface area contributed by atoms with Gasteiger partial charge in [-0.15, -0.1) is 0 Å². The van der Waals surface area contributed by atoms with Crippen LogP contribution >= 0.6 is 0 Å². The van der Waals surface area contributed by atoms with E-state index in [4.69, 9.17) is 0 Å². The molecule has 1 aromatic carbocycles. The first-order valence-electron chi connectivity index (χ1n) is 7.53. The van der Waals surface area contributed by atoms with Crippen LogP contribution in [0.4, 0.5) is 0 Å². The van der Waals surface area contributed by atoms with Gasteiger partial charge in [-0.2, -0.15) is 0 Å². The number of nitrogens with one attached hydrogen (secondary N) is 1. The number of nitrogens with zero attached hydrogens (tertiary/aromatic N) is 1. The zero-order valence-electron chi connectivity index (χ0n) is 13.1. The van der Waals surface area contributed by atoms with Gasteiger partial charge in [0, 0.05) is 30.1 Å². The third kappa shape index (κ3) is 4.31. The molecule has 0 bridgehead atoms. The van der Waals surface area contributed by atoms with Gasteiger partial charge < -0.3 is 10.2 Å². The maximum atomic E-state index is 12.3. The first kappa shape index (κ1) is 15.5. The highest BCUT2D eigenvalue weighted by atomic mass is 16.2. The lowest BCUT2D eigenvalue weighted by Crippen LogP contribution is -2.47. The predicted molar refractivity (Wildman–Crippen MR) is 83.0 cm³/mol. The number of rotatable bonds is 2. The number of amides is 2. The molecule has 114 valence electrons. The Bertz CT molecular complexity index is 497. The van der Waals surface area contributed by atoms with Gasteiger partial charge in [-0.05, 0) is 45.7 Å². The lowest BCUT2D eigenvalue weighted by Gasteiger charge is -2.33. The summed E-state index contributed by atoms with van der Waals surface area (Å²) in [5, 5.41) is 3.02. The topological polar surface area (TPSA) is 49.4 Å². The minimum atomic E-state index is -0.200. The molecule has 0 saturated carbocycles. The Kier molecular flexibility index (Phi) is 4.66. The summed E-state index contributed by atoms with van der Waals surface area (Å²) in [4.78, 5) is 26.3. The average Bonchev–Trinajstić information content (AvgIpc) is 2.46. The zero-order valence-corrected chi connectivity index (χ0v) is 13.1. The maximum Gasteiger partial charge on any atom is 0.253 e. The van der Waals surface area contributed by atoms with Gasteiger partial charge in [-0.3, -0.25) is 9.59 Å². The van der Waals surface area contributed by atoms with Gasteiger partial charge >= 0.3 is 0 Å². The van der Waals surface area contributed by atoms with Crippen molar-refractivity contribution in [3.63, 3.8) is 0 Å². The number of hydrogen-bond acceptors (Lipinski definition) is 2. The molecule has 1 heterocycles. The third-order valence-electron chi connectivity index (χ3n) is 3.67. The van der Waals surface area contributed by atoms with Crippen molar-refractivity contribution in [3.05, 3.63) is 35.9 Å². The van der Waals surface area contributed by atoms with Crippen molar-refractivity contribution in [3.8, 4) is 0 Å². The second kappa shape index (κ2) is 6.29. The van der Waals surface area contributed by atoms with Crippen LogP contribution in [0.2, 0.25) is 0 Å². The highest BCUT2D eigenvalue weighted by molar-refractivity contribution is 5.94. The second-order valence-corrected chi connectivity index (χ2v) is 6.67. The molecule has 4 nitrogen and oxygen atoms in total. The molecule has 0 radical (unpaired) electrons. The quantitative estimate of drug-likeness (QED) is 0.908. The Hall–Kier alpha value is -1.84. The summed E-state index contributed by atoms with van der Waals surface area (Å²) in [6.45, 7) is 7.25. The van der Waals surface area contributed by atoms with Crippen LogP contribution in [0.5, 0.6) is 0 Å². The van der Waals surface area contributed by atoms with Gasteiger partial charge in [0.1, 0.15) is 0 Å². The molecule has 2 amide bonds. The molecular formula is C17H24N2O2. The van der Waals surface area contributed by atoms with Gasteiger partial charge in [-0.25, -0.2) is 0 Å². The van der Waals surface area contributed by atoms with Gasteiger partial charge in [0.25, 0.3) is 5.91 Å². The molecule has 0 aliphatic carbocycles. The molecular weight excluding hydrogens is 264 g/mol. The number of hydrogen-bond donors (Lipinski definition) is 1. The summed E-state index contributed by atoms with van der Waals surface area (Å²) in [6, 6.07) is 9.31. The molecule has 1 fully saturated rings. The Labute approximate surface area is 126 Å². The van der Waals surface area contributed by atoms with Crippen molar-refractivity contribution in [2.24, 2.45) is 5.92 Å². The second-order valence-electron chi connectivity index (χ2n) is 6.67. The largest absolute Gasteiger partial charge is 0.351 e. The smallest absolute Gasteiger partial charge is 0.253 e. The van der Waals surface area contributed by atoms with Crippen molar-refractivity contribution in [1.29, 1.82) is 0 Å². The standard InChI is InChI=1S/C17H24N2O2/c1-17(2,3)18-15(20)13-9-11-19(12-10-13)16(21)14-7-5-4-6-8-14/h4-8,13H,9-12H2,1-3H3,(H,18,20). The first-order chi connectivity index (χ1) is 9.87. The molecule has 1 aromatic rings. The van der Waals surface area contributed by atoms with E-state index in [9.17, 15) is 9.59 Å². The van der Waals surface area contributed by atoms with E-state index in [1.54, 1.807) is 0 Å². The van der Waals surface area contributed by atoms with E-state index in [-0.39, 0.29) is 23.3 Å². The molecule has 1 aliphatic heterocycles. The molecule has 2 rings (SSSR count). The fourth-order valence-electron chi connectivity index (χ4n) is 2.58. The van der Waals surface area contributed by atoms with Crippen LogP contribution in [0.25, 0.3) is 0 Å². The van der Waals surface area contributed by atoms with E-state index in [1.165, 1.54) is 0 Å². The Balaban J connectivity index is 1.89. The van der Waals surface area contributed by atoms with Crippen molar-refractivity contribution < 1.29 is 9.59 Å². The predicted octanol–water partition coefficient (Wildman–Crippen LogP) is 2.45. The first-order valence-corrected chi connectivity index (χ1v) is 7.53. The van der Waals surface area contributed by atoms with Gasteiger partial charge in [-0.1, -0.05) is 18.2 Å². The van der Waals surface area contributed by atoms with Crippen LogP contribution in [-0.2, 0) is 4.79 Å².